The van der Waals surface area contributed by atoms with Gasteiger partial charge >= 0.3 is 6.18 Å². The molecule has 0 fully saturated rings. The third-order valence-electron chi connectivity index (χ3n) is 2.95. The Morgan fingerprint density at radius 1 is 1.24 bits per heavy atom. The molecular weight excluding hydrogens is 315 g/mol. The van der Waals surface area contributed by atoms with Crippen molar-refractivity contribution in [1.82, 2.24) is 0 Å². The molecule has 0 bridgehead atoms. The number of aryl methyl sites for hydroxylation is 1. The maximum Gasteiger partial charge on any atom is 0.398 e. The van der Waals surface area contributed by atoms with E-state index in [1.54, 1.807) is 23.5 Å². The molecule has 0 saturated carbocycles. The molecule has 1 nitrogen and oxygen atoms in total. The van der Waals surface area contributed by atoms with Gasteiger partial charge in [0, 0.05) is 15.5 Å². The Labute approximate surface area is 130 Å². The summed E-state index contributed by atoms with van der Waals surface area (Å²) in [4.78, 5) is 1.82. The number of para-hydroxylation sites is 1. The van der Waals surface area contributed by atoms with E-state index in [0.717, 1.165) is 17.4 Å². The largest absolute Gasteiger partial charge is 0.398 e. The first-order valence-corrected chi connectivity index (χ1v) is 8.32. The lowest BCUT2D eigenvalue weighted by atomic mass is 10.2. The van der Waals surface area contributed by atoms with E-state index in [2.05, 4.69) is 5.32 Å². The number of alkyl halides is 3. The van der Waals surface area contributed by atoms with Crippen molar-refractivity contribution in [3.63, 3.8) is 0 Å². The van der Waals surface area contributed by atoms with Crippen LogP contribution in [0.1, 0.15) is 23.4 Å². The lowest BCUT2D eigenvalue weighted by molar-refractivity contribution is -0.105. The molecule has 6 heteroatoms. The van der Waals surface area contributed by atoms with Gasteiger partial charge in [-0.1, -0.05) is 12.1 Å². The Balaban J connectivity index is 2.11. The summed E-state index contributed by atoms with van der Waals surface area (Å²) in [7, 11) is 0. The van der Waals surface area contributed by atoms with Crippen LogP contribution in [0.2, 0.25) is 0 Å². The van der Waals surface area contributed by atoms with E-state index in [4.69, 9.17) is 0 Å². The minimum atomic E-state index is -4.16. The van der Waals surface area contributed by atoms with Gasteiger partial charge in [-0.25, -0.2) is 0 Å². The Morgan fingerprint density at radius 2 is 1.95 bits per heavy atom. The lowest BCUT2D eigenvalue weighted by Crippen LogP contribution is -2.11. The van der Waals surface area contributed by atoms with Gasteiger partial charge in [-0.15, -0.1) is 23.1 Å². The maximum atomic E-state index is 12.4. The molecule has 0 amide bonds. The molecule has 2 aromatic rings. The van der Waals surface area contributed by atoms with Crippen molar-refractivity contribution < 1.29 is 13.2 Å². The van der Waals surface area contributed by atoms with Crippen LogP contribution in [-0.4, -0.2) is 11.9 Å². The molecule has 21 heavy (non-hydrogen) atoms. The molecule has 0 aliphatic carbocycles. The van der Waals surface area contributed by atoms with E-state index in [0.29, 0.717) is 4.90 Å². The van der Waals surface area contributed by atoms with E-state index < -0.39 is 11.9 Å². The summed E-state index contributed by atoms with van der Waals surface area (Å²) in [5, 5.41) is 5.33. The fourth-order valence-corrected chi connectivity index (χ4v) is 3.71. The van der Waals surface area contributed by atoms with Crippen molar-refractivity contribution in [3.05, 3.63) is 46.2 Å². The molecule has 1 unspecified atom stereocenters. The number of benzene rings is 1. The van der Waals surface area contributed by atoms with Crippen molar-refractivity contribution in [2.45, 2.75) is 31.0 Å². The number of thioether (sulfide) groups is 1. The van der Waals surface area contributed by atoms with Crippen LogP contribution in [0.15, 0.2) is 40.6 Å². The summed E-state index contributed by atoms with van der Waals surface area (Å²) in [5.41, 5.74) is 1.94. The highest BCUT2D eigenvalue weighted by Crippen LogP contribution is 2.34. The Bertz CT molecular complexity index is 593. The molecule has 1 N–H and O–H groups in total. The second kappa shape index (κ2) is 6.75. The zero-order valence-electron chi connectivity index (χ0n) is 11.7. The predicted octanol–water partition coefficient (Wildman–Crippen LogP) is 5.88. The van der Waals surface area contributed by atoms with Gasteiger partial charge in [0.05, 0.1) is 11.8 Å². The number of rotatable bonds is 5. The third-order valence-corrected chi connectivity index (χ3v) is 5.29. The molecule has 0 saturated heterocycles. The topological polar surface area (TPSA) is 12.0 Å². The first-order valence-electron chi connectivity index (χ1n) is 6.46. The lowest BCUT2D eigenvalue weighted by Gasteiger charge is -2.18. The highest BCUT2D eigenvalue weighted by molar-refractivity contribution is 7.99. The first kappa shape index (κ1) is 16.2. The van der Waals surface area contributed by atoms with Crippen molar-refractivity contribution in [3.8, 4) is 0 Å². The molecule has 0 radical (unpaired) electrons. The van der Waals surface area contributed by atoms with E-state index in [9.17, 15) is 13.2 Å². The summed E-state index contributed by atoms with van der Waals surface area (Å²) in [6, 6.07) is 9.23. The zero-order valence-corrected chi connectivity index (χ0v) is 13.3. The SMILES string of the molecule is Cc1ccsc1C(C)Nc1ccccc1SCC(F)(F)F. The molecule has 0 aliphatic rings. The molecule has 2 rings (SSSR count). The van der Waals surface area contributed by atoms with Gasteiger partial charge in [0.15, 0.2) is 0 Å². The average molecular weight is 331 g/mol. The molecule has 1 heterocycles. The molecule has 1 aromatic carbocycles. The van der Waals surface area contributed by atoms with Gasteiger partial charge in [-0.05, 0) is 43.0 Å². The molecule has 1 atom stereocenters. The van der Waals surface area contributed by atoms with E-state index in [1.807, 2.05) is 37.4 Å². The Morgan fingerprint density at radius 3 is 2.57 bits per heavy atom. The van der Waals surface area contributed by atoms with Gasteiger partial charge in [-0.3, -0.25) is 0 Å². The monoisotopic (exact) mass is 331 g/mol. The normalized spacial score (nSPS) is 13.2. The van der Waals surface area contributed by atoms with Crippen LogP contribution in [0.4, 0.5) is 18.9 Å². The minimum absolute atomic E-state index is 0.0673. The number of thiophene rings is 1. The standard InChI is InChI=1S/C15H16F3NS2/c1-10-7-8-20-14(10)11(2)19-12-5-3-4-6-13(12)21-9-15(16,17)18/h3-8,11,19H,9H2,1-2H3. The number of hydrogen-bond acceptors (Lipinski definition) is 3. The van der Waals surface area contributed by atoms with Crippen LogP contribution < -0.4 is 5.32 Å². The predicted molar refractivity (Wildman–Crippen MR) is 84.3 cm³/mol. The van der Waals surface area contributed by atoms with Crippen LogP contribution in [0.25, 0.3) is 0 Å². The van der Waals surface area contributed by atoms with Crippen molar-refractivity contribution in [2.75, 3.05) is 11.1 Å². The van der Waals surface area contributed by atoms with Gasteiger partial charge in [0.2, 0.25) is 0 Å². The number of nitrogens with one attached hydrogen (secondary N) is 1. The van der Waals surface area contributed by atoms with E-state index in [-0.39, 0.29) is 6.04 Å². The summed E-state index contributed by atoms with van der Waals surface area (Å²) in [6.07, 6.45) is -4.16. The second-order valence-electron chi connectivity index (χ2n) is 4.73. The van der Waals surface area contributed by atoms with Gasteiger partial charge in [0.25, 0.3) is 0 Å². The van der Waals surface area contributed by atoms with Crippen LogP contribution in [0.5, 0.6) is 0 Å². The first-order chi connectivity index (χ1) is 9.87. The van der Waals surface area contributed by atoms with Crippen molar-refractivity contribution in [2.24, 2.45) is 0 Å². The number of anilines is 1. The van der Waals surface area contributed by atoms with E-state index >= 15 is 0 Å². The van der Waals surface area contributed by atoms with E-state index in [1.165, 1.54) is 10.4 Å². The highest BCUT2D eigenvalue weighted by atomic mass is 32.2. The summed E-state index contributed by atoms with van der Waals surface area (Å²) in [6.45, 7) is 4.05. The minimum Gasteiger partial charge on any atom is -0.377 e. The number of halogens is 3. The second-order valence-corrected chi connectivity index (χ2v) is 6.70. The number of hydrogen-bond donors (Lipinski definition) is 1. The summed E-state index contributed by atoms with van der Waals surface area (Å²) < 4.78 is 37.1. The van der Waals surface area contributed by atoms with Gasteiger partial charge in [-0.2, -0.15) is 13.2 Å². The van der Waals surface area contributed by atoms with Gasteiger partial charge in [0.1, 0.15) is 0 Å². The van der Waals surface area contributed by atoms with Crippen molar-refractivity contribution in [1.29, 1.82) is 0 Å². The molecular formula is C15H16F3NS2. The van der Waals surface area contributed by atoms with Crippen LogP contribution in [-0.2, 0) is 0 Å². The molecule has 0 aliphatic heterocycles. The Hall–Kier alpha value is -1.14. The zero-order chi connectivity index (χ0) is 15.5. The average Bonchev–Trinajstić information content (AvgIpc) is 2.83. The van der Waals surface area contributed by atoms with Gasteiger partial charge < -0.3 is 5.32 Å². The summed E-state index contributed by atoms with van der Waals surface area (Å²) in [5.74, 6) is -0.877. The quantitative estimate of drug-likeness (QED) is 0.686. The highest BCUT2D eigenvalue weighted by Gasteiger charge is 2.27. The summed E-state index contributed by atoms with van der Waals surface area (Å²) >= 11 is 2.46. The fourth-order valence-electron chi connectivity index (χ4n) is 2.00. The Kier molecular flexibility index (Phi) is 5.22. The third kappa shape index (κ3) is 4.68. The molecule has 1 aromatic heterocycles. The molecule has 114 valence electrons. The molecule has 0 spiro atoms. The fraction of sp³-hybridized carbons (Fsp3) is 0.333. The smallest absolute Gasteiger partial charge is 0.377 e. The van der Waals surface area contributed by atoms with Crippen LogP contribution in [0, 0.1) is 6.92 Å². The van der Waals surface area contributed by atoms with Crippen LogP contribution >= 0.6 is 23.1 Å². The van der Waals surface area contributed by atoms with Crippen molar-refractivity contribution >= 4 is 28.8 Å². The maximum absolute atomic E-state index is 12.4. The van der Waals surface area contributed by atoms with Crippen LogP contribution in [0.3, 0.4) is 0 Å².